The Labute approximate surface area is 195 Å². The zero-order valence-electron chi connectivity index (χ0n) is 16.6. The number of nitrogens with zero attached hydrogens (tertiary/aromatic N) is 3. The molecule has 7 nitrogen and oxygen atoms in total. The van der Waals surface area contributed by atoms with E-state index in [-0.39, 0.29) is 6.04 Å². The Bertz CT molecular complexity index is 1120. The smallest absolute Gasteiger partial charge is 0.259 e. The van der Waals surface area contributed by atoms with Crippen molar-refractivity contribution in [1.82, 2.24) is 15.2 Å². The van der Waals surface area contributed by atoms with E-state index in [0.29, 0.717) is 12.1 Å². The van der Waals surface area contributed by atoms with Crippen molar-refractivity contribution >= 4 is 56.1 Å². The monoisotopic (exact) mass is 491 g/mol. The standard InChI is InChI=1S/C20H21N5O2S4/c1-2-4-18-23-24-20(30-18)22-15(11-13-6-8-14(9-7-13)25-31(26)27)16-12-29-19(21-16)17-5-3-10-28-17/h3,5-10,12,15,25H,2,4,11H2,1H3,(H,22,24)(H,26,27)/t15-/m0/s1. The van der Waals surface area contributed by atoms with Gasteiger partial charge in [-0.2, -0.15) is 0 Å². The predicted octanol–water partition coefficient (Wildman–Crippen LogP) is 5.62. The van der Waals surface area contributed by atoms with E-state index in [1.807, 2.05) is 18.2 Å². The fourth-order valence-electron chi connectivity index (χ4n) is 3.01. The first-order valence-corrected chi connectivity index (χ1v) is 13.3. The molecule has 2 atom stereocenters. The summed E-state index contributed by atoms with van der Waals surface area (Å²) in [4.78, 5) is 6.04. The quantitative estimate of drug-likeness (QED) is 0.249. The molecule has 162 valence electrons. The molecular formula is C20H21N5O2S4. The highest BCUT2D eigenvalue weighted by Crippen LogP contribution is 2.32. The Hall–Kier alpha value is -2.18. The van der Waals surface area contributed by atoms with Crippen molar-refractivity contribution < 1.29 is 8.76 Å². The van der Waals surface area contributed by atoms with E-state index in [4.69, 9.17) is 9.54 Å². The topological polar surface area (TPSA) is 100 Å². The molecule has 11 heteroatoms. The molecule has 4 aromatic rings. The van der Waals surface area contributed by atoms with Crippen LogP contribution in [-0.4, -0.2) is 23.9 Å². The lowest BCUT2D eigenvalue weighted by atomic mass is 10.0. The first-order chi connectivity index (χ1) is 15.1. The third-order valence-electron chi connectivity index (χ3n) is 4.44. The number of thiazole rings is 1. The first-order valence-electron chi connectivity index (χ1n) is 9.65. The summed E-state index contributed by atoms with van der Waals surface area (Å²) in [5.74, 6) is 0. The van der Waals surface area contributed by atoms with Crippen molar-refractivity contribution in [2.24, 2.45) is 0 Å². The van der Waals surface area contributed by atoms with Gasteiger partial charge in [0.2, 0.25) is 5.13 Å². The SMILES string of the molecule is CCCc1nnc(N[C@@H](Cc2ccc(NS(=O)O)cc2)c2csc(-c3cccs3)n2)s1. The summed E-state index contributed by atoms with van der Waals surface area (Å²) in [5.41, 5.74) is 2.63. The molecular weight excluding hydrogens is 471 g/mol. The van der Waals surface area contributed by atoms with Gasteiger partial charge in [-0.1, -0.05) is 36.5 Å². The van der Waals surface area contributed by atoms with Gasteiger partial charge in [-0.25, -0.2) is 9.19 Å². The van der Waals surface area contributed by atoms with Crippen molar-refractivity contribution in [2.45, 2.75) is 32.2 Å². The molecule has 0 amide bonds. The summed E-state index contributed by atoms with van der Waals surface area (Å²) in [7, 11) is 0. The van der Waals surface area contributed by atoms with Crippen LogP contribution in [0, 0.1) is 0 Å². The van der Waals surface area contributed by atoms with E-state index in [1.54, 1.807) is 46.1 Å². The number of aryl methyl sites for hydroxylation is 1. The highest BCUT2D eigenvalue weighted by molar-refractivity contribution is 7.80. The minimum Gasteiger partial charge on any atom is -0.351 e. The van der Waals surface area contributed by atoms with Gasteiger partial charge in [0.15, 0.2) is 0 Å². The maximum atomic E-state index is 10.9. The number of hydrogen-bond donors (Lipinski definition) is 3. The Morgan fingerprint density at radius 2 is 2.00 bits per heavy atom. The van der Waals surface area contributed by atoms with E-state index in [9.17, 15) is 4.21 Å². The molecule has 0 spiro atoms. The molecule has 0 aliphatic carbocycles. The van der Waals surface area contributed by atoms with Crippen molar-refractivity contribution in [3.05, 3.63) is 63.4 Å². The Kier molecular flexibility index (Phi) is 7.41. The molecule has 0 saturated heterocycles. The minimum atomic E-state index is -2.09. The maximum Gasteiger partial charge on any atom is 0.259 e. The average molecular weight is 492 g/mol. The normalized spacial score (nSPS) is 13.1. The summed E-state index contributed by atoms with van der Waals surface area (Å²) < 4.78 is 22.4. The van der Waals surface area contributed by atoms with Gasteiger partial charge in [-0.05, 0) is 42.0 Å². The highest BCUT2D eigenvalue weighted by Gasteiger charge is 2.19. The molecule has 4 rings (SSSR count). The molecule has 3 N–H and O–H groups in total. The van der Waals surface area contributed by atoms with Crippen LogP contribution in [0.15, 0.2) is 47.2 Å². The third-order valence-corrected chi connectivity index (χ3v) is 7.66. The summed E-state index contributed by atoms with van der Waals surface area (Å²) >= 11 is 2.81. The molecule has 0 aliphatic heterocycles. The number of benzene rings is 1. The van der Waals surface area contributed by atoms with Crippen LogP contribution in [0.1, 0.15) is 35.7 Å². The number of aromatic nitrogens is 3. The lowest BCUT2D eigenvalue weighted by molar-refractivity contribution is 0.570. The minimum absolute atomic E-state index is 0.0711. The van der Waals surface area contributed by atoms with Crippen molar-refractivity contribution in [2.75, 3.05) is 10.0 Å². The molecule has 1 unspecified atom stereocenters. The molecule has 0 bridgehead atoms. The zero-order valence-corrected chi connectivity index (χ0v) is 19.9. The van der Waals surface area contributed by atoms with E-state index < -0.39 is 11.3 Å². The fourth-order valence-corrected chi connectivity index (χ4v) is 5.93. The summed E-state index contributed by atoms with van der Waals surface area (Å²) in [6.45, 7) is 2.13. The van der Waals surface area contributed by atoms with Crippen molar-refractivity contribution in [3.8, 4) is 9.88 Å². The number of nitrogens with one attached hydrogen (secondary N) is 2. The maximum absolute atomic E-state index is 10.9. The van der Waals surface area contributed by atoms with Crippen LogP contribution >= 0.6 is 34.0 Å². The van der Waals surface area contributed by atoms with Gasteiger partial charge in [0.1, 0.15) is 10.0 Å². The van der Waals surface area contributed by atoms with E-state index in [2.05, 4.69) is 44.0 Å². The predicted molar refractivity (Wildman–Crippen MR) is 130 cm³/mol. The molecule has 0 radical (unpaired) electrons. The molecule has 0 aliphatic rings. The Morgan fingerprint density at radius 1 is 1.16 bits per heavy atom. The van der Waals surface area contributed by atoms with Crippen LogP contribution in [0.2, 0.25) is 0 Å². The number of anilines is 2. The van der Waals surface area contributed by atoms with Gasteiger partial charge in [0, 0.05) is 17.5 Å². The van der Waals surface area contributed by atoms with E-state index in [0.717, 1.165) is 44.1 Å². The van der Waals surface area contributed by atoms with Gasteiger partial charge >= 0.3 is 0 Å². The van der Waals surface area contributed by atoms with E-state index in [1.165, 1.54) is 0 Å². The van der Waals surface area contributed by atoms with Crippen LogP contribution in [0.4, 0.5) is 10.8 Å². The van der Waals surface area contributed by atoms with Gasteiger partial charge < -0.3 is 5.32 Å². The third kappa shape index (κ3) is 5.95. The fraction of sp³-hybridized carbons (Fsp3) is 0.250. The van der Waals surface area contributed by atoms with Gasteiger partial charge in [-0.15, -0.1) is 32.9 Å². The highest BCUT2D eigenvalue weighted by atomic mass is 32.2. The largest absolute Gasteiger partial charge is 0.351 e. The lowest BCUT2D eigenvalue weighted by Crippen LogP contribution is -2.14. The molecule has 0 saturated carbocycles. The van der Waals surface area contributed by atoms with Crippen LogP contribution in [-0.2, 0) is 24.1 Å². The van der Waals surface area contributed by atoms with Crippen LogP contribution in [0.25, 0.3) is 9.88 Å². The Morgan fingerprint density at radius 3 is 2.71 bits per heavy atom. The lowest BCUT2D eigenvalue weighted by Gasteiger charge is -2.16. The summed E-state index contributed by atoms with van der Waals surface area (Å²) in [5, 5.41) is 19.1. The second kappa shape index (κ2) is 10.4. The number of hydrogen-bond acceptors (Lipinski definition) is 8. The molecule has 0 fully saturated rings. The Balaban J connectivity index is 1.56. The molecule has 3 aromatic heterocycles. The molecule has 1 aromatic carbocycles. The number of rotatable bonds is 10. The summed E-state index contributed by atoms with van der Waals surface area (Å²) in [6.07, 6.45) is 2.65. The van der Waals surface area contributed by atoms with Gasteiger partial charge in [0.05, 0.1) is 16.6 Å². The van der Waals surface area contributed by atoms with Crippen LogP contribution < -0.4 is 10.0 Å². The second-order valence-corrected chi connectivity index (χ2v) is 10.3. The zero-order chi connectivity index (χ0) is 21.6. The van der Waals surface area contributed by atoms with Gasteiger partial charge in [0.25, 0.3) is 11.3 Å². The molecule has 31 heavy (non-hydrogen) atoms. The number of thiophene rings is 1. The molecule has 3 heterocycles. The van der Waals surface area contributed by atoms with Crippen LogP contribution in [0.5, 0.6) is 0 Å². The van der Waals surface area contributed by atoms with Crippen LogP contribution in [0.3, 0.4) is 0 Å². The van der Waals surface area contributed by atoms with Crippen molar-refractivity contribution in [1.29, 1.82) is 0 Å². The van der Waals surface area contributed by atoms with E-state index >= 15 is 0 Å². The second-order valence-electron chi connectivity index (χ2n) is 6.75. The summed E-state index contributed by atoms with van der Waals surface area (Å²) in [6, 6.07) is 11.5. The first kappa shape index (κ1) is 22.0. The average Bonchev–Trinajstić information content (AvgIpc) is 3.50. The van der Waals surface area contributed by atoms with Crippen molar-refractivity contribution in [3.63, 3.8) is 0 Å². The van der Waals surface area contributed by atoms with Gasteiger partial charge in [-0.3, -0.25) is 9.27 Å².